The van der Waals surface area contributed by atoms with Crippen LogP contribution in [-0.2, 0) is 14.3 Å². The summed E-state index contributed by atoms with van der Waals surface area (Å²) in [6.07, 6.45) is 2.47. The maximum Gasteiger partial charge on any atom is 0.308 e. The molecule has 4 aromatic carbocycles. The highest BCUT2D eigenvalue weighted by Gasteiger charge is 2.27. The SMILES string of the molecule is COCCCC(Oc1cc2cccc(C)c2c(OC(C)=O)c1OC(CCCOC)c1cccc(C)c1)c1cccc(C)c1. The minimum absolute atomic E-state index is 0.268. The monoisotopic (exact) mass is 584 g/mol. The molecule has 0 saturated carbocycles. The Hall–Kier alpha value is -3.87. The highest BCUT2D eigenvalue weighted by atomic mass is 16.6. The lowest BCUT2D eigenvalue weighted by atomic mass is 10.0. The molecule has 0 amide bonds. The Labute approximate surface area is 255 Å². The molecule has 0 saturated heterocycles. The normalized spacial score (nSPS) is 12.6. The Kier molecular flexibility index (Phi) is 11.6. The fraction of sp³-hybridized carbons (Fsp3) is 0.378. The molecule has 4 rings (SSSR count). The van der Waals surface area contributed by atoms with E-state index in [2.05, 4.69) is 50.2 Å². The van der Waals surface area contributed by atoms with Gasteiger partial charge in [-0.05, 0) is 74.6 Å². The molecule has 0 aromatic heterocycles. The van der Waals surface area contributed by atoms with Crippen molar-refractivity contribution >= 4 is 16.7 Å². The maximum absolute atomic E-state index is 12.5. The van der Waals surface area contributed by atoms with Crippen LogP contribution in [0.1, 0.15) is 72.6 Å². The second kappa shape index (κ2) is 15.6. The number of benzene rings is 4. The number of rotatable bonds is 15. The molecule has 0 fully saturated rings. The van der Waals surface area contributed by atoms with Crippen molar-refractivity contribution in [1.29, 1.82) is 0 Å². The summed E-state index contributed by atoms with van der Waals surface area (Å²) in [6.45, 7) is 8.81. The first-order valence-electron chi connectivity index (χ1n) is 15.0. The van der Waals surface area contributed by atoms with Crippen molar-refractivity contribution in [3.05, 3.63) is 101 Å². The summed E-state index contributed by atoms with van der Waals surface area (Å²) in [5.41, 5.74) is 5.38. The van der Waals surface area contributed by atoms with E-state index in [0.717, 1.165) is 57.9 Å². The van der Waals surface area contributed by atoms with Crippen LogP contribution in [0, 0.1) is 20.8 Å². The second-order valence-electron chi connectivity index (χ2n) is 11.1. The van der Waals surface area contributed by atoms with Gasteiger partial charge in [0.25, 0.3) is 0 Å². The molecule has 0 spiro atoms. The van der Waals surface area contributed by atoms with Gasteiger partial charge in [-0.15, -0.1) is 0 Å². The van der Waals surface area contributed by atoms with Crippen molar-refractivity contribution in [3.8, 4) is 17.2 Å². The van der Waals surface area contributed by atoms with E-state index in [1.54, 1.807) is 14.2 Å². The molecule has 0 aliphatic rings. The molecule has 0 heterocycles. The van der Waals surface area contributed by atoms with Crippen LogP contribution in [0.4, 0.5) is 0 Å². The molecule has 0 N–H and O–H groups in total. The zero-order valence-corrected chi connectivity index (χ0v) is 26.3. The molecule has 4 aromatic rings. The number of hydrogen-bond acceptors (Lipinski definition) is 6. The first-order valence-corrected chi connectivity index (χ1v) is 15.0. The van der Waals surface area contributed by atoms with Crippen molar-refractivity contribution in [2.75, 3.05) is 27.4 Å². The standard InChI is InChI=1S/C37H44O6/c1-25-12-7-15-29(22-25)32(18-10-20-39-5)42-34-24-31-17-9-14-27(3)35(31)37(41-28(4)38)36(34)43-33(19-11-21-40-6)30-16-8-13-26(2)23-30/h7-9,12-17,22-24,32-33H,10-11,18-21H2,1-6H3. The van der Waals surface area contributed by atoms with Crippen LogP contribution in [0.5, 0.6) is 17.2 Å². The summed E-state index contributed by atoms with van der Waals surface area (Å²) >= 11 is 0. The van der Waals surface area contributed by atoms with Crippen LogP contribution in [0.3, 0.4) is 0 Å². The van der Waals surface area contributed by atoms with E-state index in [-0.39, 0.29) is 12.2 Å². The summed E-state index contributed by atoms with van der Waals surface area (Å²) in [7, 11) is 3.41. The minimum atomic E-state index is -0.423. The zero-order valence-electron chi connectivity index (χ0n) is 26.3. The van der Waals surface area contributed by atoms with Gasteiger partial charge in [0, 0.05) is 39.7 Å². The van der Waals surface area contributed by atoms with Crippen molar-refractivity contribution in [3.63, 3.8) is 0 Å². The number of aryl methyl sites for hydroxylation is 3. The Balaban J connectivity index is 1.90. The predicted octanol–water partition coefficient (Wildman–Crippen LogP) is 8.78. The quantitative estimate of drug-likeness (QED) is 0.0791. The van der Waals surface area contributed by atoms with Crippen molar-refractivity contribution in [2.45, 2.75) is 65.6 Å². The molecule has 2 atom stereocenters. The van der Waals surface area contributed by atoms with Crippen LogP contribution in [0.15, 0.2) is 72.8 Å². The van der Waals surface area contributed by atoms with Gasteiger partial charge in [-0.2, -0.15) is 0 Å². The molecule has 0 bridgehead atoms. The highest BCUT2D eigenvalue weighted by Crippen LogP contribution is 2.48. The van der Waals surface area contributed by atoms with Crippen LogP contribution in [-0.4, -0.2) is 33.4 Å². The Bertz CT molecular complexity index is 1510. The highest BCUT2D eigenvalue weighted by molar-refractivity contribution is 5.97. The Morgan fingerprint density at radius 2 is 1.26 bits per heavy atom. The van der Waals surface area contributed by atoms with E-state index < -0.39 is 5.97 Å². The van der Waals surface area contributed by atoms with Gasteiger partial charge in [0.1, 0.15) is 12.2 Å². The van der Waals surface area contributed by atoms with E-state index in [4.69, 9.17) is 23.7 Å². The van der Waals surface area contributed by atoms with Gasteiger partial charge in [0.15, 0.2) is 11.5 Å². The average Bonchev–Trinajstić information content (AvgIpc) is 2.97. The van der Waals surface area contributed by atoms with Crippen LogP contribution in [0.2, 0.25) is 0 Å². The van der Waals surface area contributed by atoms with Crippen LogP contribution in [0.25, 0.3) is 10.8 Å². The number of carbonyl (C=O) groups is 1. The number of carbonyl (C=O) groups excluding carboxylic acids is 1. The predicted molar refractivity (Wildman–Crippen MR) is 171 cm³/mol. The minimum Gasteiger partial charge on any atom is -0.482 e. The lowest BCUT2D eigenvalue weighted by Gasteiger charge is -2.27. The summed E-state index contributed by atoms with van der Waals surface area (Å²) in [5.74, 6) is 0.906. The van der Waals surface area contributed by atoms with Gasteiger partial charge in [-0.1, -0.05) is 77.9 Å². The Morgan fingerprint density at radius 1 is 0.698 bits per heavy atom. The summed E-state index contributed by atoms with van der Waals surface area (Å²) in [6, 6.07) is 24.7. The van der Waals surface area contributed by atoms with Gasteiger partial charge in [-0.3, -0.25) is 4.79 Å². The molecular weight excluding hydrogens is 540 g/mol. The second-order valence-corrected chi connectivity index (χ2v) is 11.1. The summed E-state index contributed by atoms with van der Waals surface area (Å²) < 4.78 is 30.6. The Morgan fingerprint density at radius 3 is 1.79 bits per heavy atom. The van der Waals surface area contributed by atoms with Crippen molar-refractivity contribution in [1.82, 2.24) is 0 Å². The number of esters is 1. The fourth-order valence-corrected chi connectivity index (χ4v) is 5.44. The van der Waals surface area contributed by atoms with Crippen molar-refractivity contribution < 1.29 is 28.5 Å². The molecular formula is C37H44O6. The van der Waals surface area contributed by atoms with Gasteiger partial charge < -0.3 is 23.7 Å². The van der Waals surface area contributed by atoms with Gasteiger partial charge >= 0.3 is 5.97 Å². The smallest absolute Gasteiger partial charge is 0.308 e. The fourth-order valence-electron chi connectivity index (χ4n) is 5.44. The molecule has 6 heteroatoms. The van der Waals surface area contributed by atoms with E-state index in [1.807, 2.05) is 43.3 Å². The first-order chi connectivity index (χ1) is 20.8. The van der Waals surface area contributed by atoms with E-state index in [1.165, 1.54) is 6.92 Å². The first kappa shape index (κ1) is 32.1. The van der Waals surface area contributed by atoms with E-state index >= 15 is 0 Å². The molecule has 0 aliphatic heterocycles. The van der Waals surface area contributed by atoms with Gasteiger partial charge in [0.2, 0.25) is 5.75 Å². The molecule has 0 aliphatic carbocycles. The number of ether oxygens (including phenoxy) is 5. The lowest BCUT2D eigenvalue weighted by Crippen LogP contribution is -2.15. The van der Waals surface area contributed by atoms with Gasteiger partial charge in [-0.25, -0.2) is 0 Å². The third kappa shape index (κ3) is 8.59. The summed E-state index contributed by atoms with van der Waals surface area (Å²) in [5, 5.41) is 1.73. The topological polar surface area (TPSA) is 63.2 Å². The molecule has 6 nitrogen and oxygen atoms in total. The molecule has 2 unspecified atom stereocenters. The maximum atomic E-state index is 12.5. The lowest BCUT2D eigenvalue weighted by molar-refractivity contribution is -0.131. The molecule has 43 heavy (non-hydrogen) atoms. The van der Waals surface area contributed by atoms with E-state index in [0.29, 0.717) is 36.9 Å². The van der Waals surface area contributed by atoms with Gasteiger partial charge in [0.05, 0.1) is 0 Å². The number of fused-ring (bicyclic) bond motifs is 1. The van der Waals surface area contributed by atoms with Crippen LogP contribution < -0.4 is 14.2 Å². The third-order valence-electron chi connectivity index (χ3n) is 7.48. The summed E-state index contributed by atoms with van der Waals surface area (Å²) in [4.78, 5) is 12.5. The third-order valence-corrected chi connectivity index (χ3v) is 7.48. The zero-order chi connectivity index (χ0) is 30.8. The number of methoxy groups -OCH3 is 2. The molecule has 0 radical (unpaired) electrons. The largest absolute Gasteiger partial charge is 0.482 e. The molecule has 228 valence electrons. The van der Waals surface area contributed by atoms with E-state index in [9.17, 15) is 4.79 Å². The van der Waals surface area contributed by atoms with Crippen molar-refractivity contribution in [2.24, 2.45) is 0 Å². The van der Waals surface area contributed by atoms with Crippen LogP contribution >= 0.6 is 0 Å². The number of hydrogen-bond donors (Lipinski definition) is 0. The average molecular weight is 585 g/mol.